The van der Waals surface area contributed by atoms with Gasteiger partial charge in [-0.15, -0.1) is 0 Å². The van der Waals surface area contributed by atoms with E-state index in [0.29, 0.717) is 6.04 Å². The lowest BCUT2D eigenvalue weighted by molar-refractivity contribution is 0.0159. The smallest absolute Gasteiger partial charge is 0.0555 e. The highest BCUT2D eigenvalue weighted by atomic mass is 16.3. The molecule has 1 heterocycles. The van der Waals surface area contributed by atoms with Crippen LogP contribution in [0, 0.1) is 5.92 Å². The molecule has 2 fully saturated rings. The molecule has 0 aromatic heterocycles. The summed E-state index contributed by atoms with van der Waals surface area (Å²) < 4.78 is 0. The first-order valence-corrected chi connectivity index (χ1v) is 7.23. The van der Waals surface area contributed by atoms with E-state index >= 15 is 0 Å². The topological polar surface area (TPSA) is 23.5 Å². The van der Waals surface area contributed by atoms with Gasteiger partial charge in [-0.2, -0.15) is 0 Å². The highest BCUT2D eigenvalue weighted by molar-refractivity contribution is 4.87. The van der Waals surface area contributed by atoms with E-state index in [-0.39, 0.29) is 6.10 Å². The molecule has 0 aromatic carbocycles. The normalized spacial score (nSPS) is 37.5. The number of likely N-dealkylation sites (tertiary alicyclic amines) is 1. The van der Waals surface area contributed by atoms with Crippen LogP contribution in [-0.2, 0) is 0 Å². The Labute approximate surface area is 100 Å². The maximum Gasteiger partial charge on any atom is 0.0555 e. The monoisotopic (exact) mass is 225 g/mol. The Kier molecular flexibility index (Phi) is 4.66. The van der Waals surface area contributed by atoms with Crippen molar-refractivity contribution in [3.8, 4) is 0 Å². The Balaban J connectivity index is 1.95. The number of hydrogen-bond donors (Lipinski definition) is 1. The zero-order chi connectivity index (χ0) is 11.4. The number of hydrogen-bond acceptors (Lipinski definition) is 2. The third kappa shape index (κ3) is 2.98. The summed E-state index contributed by atoms with van der Waals surface area (Å²) in [5, 5.41) is 9.87. The summed E-state index contributed by atoms with van der Waals surface area (Å²) in [5.41, 5.74) is 0. The van der Waals surface area contributed by atoms with Crippen LogP contribution in [-0.4, -0.2) is 35.2 Å². The number of rotatable bonds is 3. The van der Waals surface area contributed by atoms with Crippen LogP contribution in [0.2, 0.25) is 0 Å². The molecule has 3 atom stereocenters. The lowest BCUT2D eigenvalue weighted by Crippen LogP contribution is -2.47. The van der Waals surface area contributed by atoms with Crippen LogP contribution < -0.4 is 0 Å². The Morgan fingerprint density at radius 1 is 1.12 bits per heavy atom. The molecule has 1 aliphatic heterocycles. The molecule has 1 saturated carbocycles. The van der Waals surface area contributed by atoms with Gasteiger partial charge in [-0.1, -0.05) is 19.8 Å². The molecule has 2 rings (SSSR count). The third-order valence-electron chi connectivity index (χ3n) is 4.45. The predicted molar refractivity (Wildman–Crippen MR) is 67.5 cm³/mol. The molecule has 2 aliphatic rings. The van der Waals surface area contributed by atoms with Gasteiger partial charge in [0.2, 0.25) is 0 Å². The van der Waals surface area contributed by atoms with E-state index in [1.165, 1.54) is 51.6 Å². The molecule has 1 aliphatic carbocycles. The average Bonchev–Trinajstić information content (AvgIpc) is 2.33. The number of aliphatic hydroxyl groups excluding tert-OH is 1. The summed E-state index contributed by atoms with van der Waals surface area (Å²) >= 11 is 0. The quantitative estimate of drug-likeness (QED) is 0.798. The van der Waals surface area contributed by atoms with Crippen LogP contribution in [0.1, 0.15) is 58.3 Å². The molecule has 1 N–H and O–H groups in total. The lowest BCUT2D eigenvalue weighted by Gasteiger charge is -2.43. The Hall–Kier alpha value is -0.0800. The molecule has 2 nitrogen and oxygen atoms in total. The standard InChI is InChI=1S/C14H27NO/c1-2-6-12-7-8-13(16)11-14(12)15-9-4-3-5-10-15/h12-14,16H,2-11H2,1H3. The molecule has 1 saturated heterocycles. The van der Waals surface area contributed by atoms with E-state index in [0.717, 1.165) is 18.8 Å². The highest BCUT2D eigenvalue weighted by Crippen LogP contribution is 2.33. The molecule has 0 bridgehead atoms. The van der Waals surface area contributed by atoms with Gasteiger partial charge in [0.15, 0.2) is 0 Å². The first kappa shape index (κ1) is 12.4. The van der Waals surface area contributed by atoms with E-state index in [4.69, 9.17) is 0 Å². The van der Waals surface area contributed by atoms with Gasteiger partial charge in [0.05, 0.1) is 6.10 Å². The van der Waals surface area contributed by atoms with Gasteiger partial charge in [-0.05, 0) is 57.5 Å². The van der Waals surface area contributed by atoms with Crippen LogP contribution in [0.25, 0.3) is 0 Å². The van der Waals surface area contributed by atoms with Gasteiger partial charge in [0.25, 0.3) is 0 Å². The average molecular weight is 225 g/mol. The van der Waals surface area contributed by atoms with Crippen molar-refractivity contribution in [2.75, 3.05) is 13.1 Å². The zero-order valence-electron chi connectivity index (χ0n) is 10.7. The van der Waals surface area contributed by atoms with Gasteiger partial charge in [0, 0.05) is 6.04 Å². The summed E-state index contributed by atoms with van der Waals surface area (Å²) in [6.07, 6.45) is 10.1. The van der Waals surface area contributed by atoms with Crippen LogP contribution in [0.15, 0.2) is 0 Å². The molecule has 0 spiro atoms. The minimum atomic E-state index is -0.0277. The van der Waals surface area contributed by atoms with E-state index in [1.807, 2.05) is 0 Å². The Bertz CT molecular complexity index is 196. The van der Waals surface area contributed by atoms with Crippen molar-refractivity contribution in [3.05, 3.63) is 0 Å². The first-order valence-electron chi connectivity index (χ1n) is 7.23. The van der Waals surface area contributed by atoms with Crippen molar-refractivity contribution in [2.45, 2.75) is 70.4 Å². The molecule has 0 aromatic rings. The van der Waals surface area contributed by atoms with E-state index in [2.05, 4.69) is 11.8 Å². The first-order chi connectivity index (χ1) is 7.81. The second-order valence-corrected chi connectivity index (χ2v) is 5.68. The van der Waals surface area contributed by atoms with Crippen molar-refractivity contribution in [1.29, 1.82) is 0 Å². The molecule has 0 radical (unpaired) electrons. The fourth-order valence-electron chi connectivity index (χ4n) is 3.59. The summed E-state index contributed by atoms with van der Waals surface area (Å²) in [4.78, 5) is 2.67. The highest BCUT2D eigenvalue weighted by Gasteiger charge is 2.33. The molecule has 16 heavy (non-hydrogen) atoms. The van der Waals surface area contributed by atoms with E-state index < -0.39 is 0 Å². The predicted octanol–water partition coefficient (Wildman–Crippen LogP) is 2.80. The minimum absolute atomic E-state index is 0.0277. The fraction of sp³-hybridized carbons (Fsp3) is 1.00. The molecule has 0 amide bonds. The maximum atomic E-state index is 9.87. The summed E-state index contributed by atoms with van der Waals surface area (Å²) in [6.45, 7) is 4.84. The van der Waals surface area contributed by atoms with Gasteiger partial charge >= 0.3 is 0 Å². The largest absolute Gasteiger partial charge is 0.393 e. The Morgan fingerprint density at radius 3 is 2.56 bits per heavy atom. The van der Waals surface area contributed by atoms with Gasteiger partial charge in [-0.3, -0.25) is 0 Å². The van der Waals surface area contributed by atoms with Crippen molar-refractivity contribution >= 4 is 0 Å². The van der Waals surface area contributed by atoms with Gasteiger partial charge in [-0.25, -0.2) is 0 Å². The van der Waals surface area contributed by atoms with Crippen LogP contribution in [0.5, 0.6) is 0 Å². The fourth-order valence-corrected chi connectivity index (χ4v) is 3.59. The molecule has 3 unspecified atom stereocenters. The summed E-state index contributed by atoms with van der Waals surface area (Å²) in [5.74, 6) is 0.853. The van der Waals surface area contributed by atoms with Crippen LogP contribution in [0.3, 0.4) is 0 Å². The van der Waals surface area contributed by atoms with E-state index in [1.54, 1.807) is 0 Å². The zero-order valence-corrected chi connectivity index (χ0v) is 10.7. The molecular formula is C14H27NO. The second kappa shape index (κ2) is 6.02. The van der Waals surface area contributed by atoms with Crippen LogP contribution >= 0.6 is 0 Å². The number of nitrogens with zero attached hydrogens (tertiary/aromatic N) is 1. The van der Waals surface area contributed by atoms with Gasteiger partial charge in [0.1, 0.15) is 0 Å². The van der Waals surface area contributed by atoms with Crippen molar-refractivity contribution < 1.29 is 5.11 Å². The summed E-state index contributed by atoms with van der Waals surface area (Å²) in [6, 6.07) is 0.684. The third-order valence-corrected chi connectivity index (χ3v) is 4.45. The second-order valence-electron chi connectivity index (χ2n) is 5.68. The molecule has 94 valence electrons. The van der Waals surface area contributed by atoms with Crippen molar-refractivity contribution in [3.63, 3.8) is 0 Å². The SMILES string of the molecule is CCCC1CCC(O)CC1N1CCCCC1. The van der Waals surface area contributed by atoms with Crippen molar-refractivity contribution in [1.82, 2.24) is 4.90 Å². The van der Waals surface area contributed by atoms with Crippen molar-refractivity contribution in [2.24, 2.45) is 5.92 Å². The molecular weight excluding hydrogens is 198 g/mol. The Morgan fingerprint density at radius 2 is 1.88 bits per heavy atom. The maximum absolute atomic E-state index is 9.87. The molecule has 2 heteroatoms. The minimum Gasteiger partial charge on any atom is -0.393 e. The summed E-state index contributed by atoms with van der Waals surface area (Å²) in [7, 11) is 0. The van der Waals surface area contributed by atoms with Crippen LogP contribution in [0.4, 0.5) is 0 Å². The lowest BCUT2D eigenvalue weighted by atomic mass is 9.79. The number of piperidine rings is 1. The van der Waals surface area contributed by atoms with Gasteiger partial charge < -0.3 is 10.0 Å². The number of aliphatic hydroxyl groups is 1. The van der Waals surface area contributed by atoms with E-state index in [9.17, 15) is 5.11 Å².